The van der Waals surface area contributed by atoms with Crippen LogP contribution in [0.2, 0.25) is 0 Å². The number of rotatable bonds is 9. The standard InChI is InChI=1S/C17H26N2O4/c1-5-6-7-10-18-17(21)12-19(13(2)20)15-9-8-14(22-3)11-16(15)23-4/h8-9,11H,5-7,10,12H2,1-4H3,(H,18,21). The van der Waals surface area contributed by atoms with Gasteiger partial charge in [0.25, 0.3) is 0 Å². The van der Waals surface area contributed by atoms with Crippen molar-refractivity contribution >= 4 is 17.5 Å². The van der Waals surface area contributed by atoms with Crippen molar-refractivity contribution in [1.82, 2.24) is 5.32 Å². The van der Waals surface area contributed by atoms with Gasteiger partial charge < -0.3 is 14.8 Å². The van der Waals surface area contributed by atoms with Crippen LogP contribution in [0.4, 0.5) is 5.69 Å². The number of hydrogen-bond acceptors (Lipinski definition) is 4. The Kier molecular flexibility index (Phi) is 7.94. The zero-order valence-electron chi connectivity index (χ0n) is 14.3. The summed E-state index contributed by atoms with van der Waals surface area (Å²) in [4.78, 5) is 25.4. The first-order chi connectivity index (χ1) is 11.0. The van der Waals surface area contributed by atoms with E-state index in [4.69, 9.17) is 9.47 Å². The monoisotopic (exact) mass is 322 g/mol. The smallest absolute Gasteiger partial charge is 0.240 e. The van der Waals surface area contributed by atoms with Crippen LogP contribution in [0.5, 0.6) is 11.5 Å². The maximum Gasteiger partial charge on any atom is 0.240 e. The van der Waals surface area contributed by atoms with Gasteiger partial charge in [-0.1, -0.05) is 19.8 Å². The van der Waals surface area contributed by atoms with Crippen LogP contribution in [0.3, 0.4) is 0 Å². The Balaban J connectivity index is 2.82. The molecule has 0 radical (unpaired) electrons. The fourth-order valence-corrected chi connectivity index (χ4v) is 2.18. The summed E-state index contributed by atoms with van der Waals surface area (Å²) in [6.45, 7) is 4.12. The predicted octanol–water partition coefficient (Wildman–Crippen LogP) is 2.36. The van der Waals surface area contributed by atoms with E-state index in [0.29, 0.717) is 23.7 Å². The third-order valence-electron chi connectivity index (χ3n) is 3.46. The number of carbonyl (C=O) groups is 2. The van der Waals surface area contributed by atoms with Crippen molar-refractivity contribution in [2.75, 3.05) is 32.2 Å². The molecule has 0 saturated carbocycles. The summed E-state index contributed by atoms with van der Waals surface area (Å²) in [5.74, 6) is 0.697. The predicted molar refractivity (Wildman–Crippen MR) is 90.1 cm³/mol. The van der Waals surface area contributed by atoms with Crippen molar-refractivity contribution in [2.24, 2.45) is 0 Å². The van der Waals surface area contributed by atoms with Crippen LogP contribution in [0, 0.1) is 0 Å². The fraction of sp³-hybridized carbons (Fsp3) is 0.529. The molecule has 128 valence electrons. The van der Waals surface area contributed by atoms with Crippen LogP contribution in [0.1, 0.15) is 33.1 Å². The molecule has 0 saturated heterocycles. The third kappa shape index (κ3) is 5.81. The van der Waals surface area contributed by atoms with E-state index in [-0.39, 0.29) is 18.4 Å². The molecular formula is C17H26N2O4. The van der Waals surface area contributed by atoms with Gasteiger partial charge in [-0.3, -0.25) is 14.5 Å². The summed E-state index contributed by atoms with van der Waals surface area (Å²) in [5.41, 5.74) is 0.546. The lowest BCUT2D eigenvalue weighted by molar-refractivity contribution is -0.123. The maximum atomic E-state index is 12.0. The van der Waals surface area contributed by atoms with Gasteiger partial charge in [0.1, 0.15) is 18.0 Å². The Labute approximate surface area is 137 Å². The van der Waals surface area contributed by atoms with Crippen LogP contribution >= 0.6 is 0 Å². The van der Waals surface area contributed by atoms with E-state index in [2.05, 4.69) is 12.2 Å². The number of hydrogen-bond donors (Lipinski definition) is 1. The molecule has 2 amide bonds. The van der Waals surface area contributed by atoms with Crippen molar-refractivity contribution in [2.45, 2.75) is 33.1 Å². The van der Waals surface area contributed by atoms with Crippen LogP contribution in [-0.2, 0) is 9.59 Å². The summed E-state index contributed by atoms with van der Waals surface area (Å²) in [5, 5.41) is 2.83. The van der Waals surface area contributed by atoms with Crippen molar-refractivity contribution in [1.29, 1.82) is 0 Å². The lowest BCUT2D eigenvalue weighted by atomic mass is 10.2. The van der Waals surface area contributed by atoms with Gasteiger partial charge in [-0.25, -0.2) is 0 Å². The van der Waals surface area contributed by atoms with Crippen molar-refractivity contribution in [3.05, 3.63) is 18.2 Å². The summed E-state index contributed by atoms with van der Waals surface area (Å²) < 4.78 is 10.5. The zero-order valence-corrected chi connectivity index (χ0v) is 14.3. The average molecular weight is 322 g/mol. The van der Waals surface area contributed by atoms with Crippen LogP contribution in [-0.4, -0.2) is 39.1 Å². The number of methoxy groups -OCH3 is 2. The van der Waals surface area contributed by atoms with Gasteiger partial charge in [0.2, 0.25) is 11.8 Å². The van der Waals surface area contributed by atoms with E-state index in [0.717, 1.165) is 19.3 Å². The second kappa shape index (κ2) is 9.71. The highest BCUT2D eigenvalue weighted by Gasteiger charge is 2.19. The molecule has 1 N–H and O–H groups in total. The molecule has 23 heavy (non-hydrogen) atoms. The second-order valence-electron chi connectivity index (χ2n) is 5.20. The van der Waals surface area contributed by atoms with Gasteiger partial charge >= 0.3 is 0 Å². The topological polar surface area (TPSA) is 67.9 Å². The highest BCUT2D eigenvalue weighted by atomic mass is 16.5. The Morgan fingerprint density at radius 3 is 2.48 bits per heavy atom. The highest BCUT2D eigenvalue weighted by Crippen LogP contribution is 2.32. The lowest BCUT2D eigenvalue weighted by Gasteiger charge is -2.23. The van der Waals surface area contributed by atoms with E-state index in [9.17, 15) is 9.59 Å². The molecule has 0 aliphatic rings. The molecule has 6 heteroatoms. The number of amides is 2. The fourth-order valence-electron chi connectivity index (χ4n) is 2.18. The molecule has 1 aromatic carbocycles. The van der Waals surface area contributed by atoms with Crippen molar-refractivity contribution < 1.29 is 19.1 Å². The summed E-state index contributed by atoms with van der Waals surface area (Å²) in [6.07, 6.45) is 3.11. The Morgan fingerprint density at radius 2 is 1.91 bits per heavy atom. The van der Waals surface area contributed by atoms with Crippen molar-refractivity contribution in [3.63, 3.8) is 0 Å². The summed E-state index contributed by atoms with van der Waals surface area (Å²) in [6, 6.07) is 5.13. The van der Waals surface area contributed by atoms with Gasteiger partial charge in [-0.2, -0.15) is 0 Å². The van der Waals surface area contributed by atoms with Gasteiger partial charge in [-0.15, -0.1) is 0 Å². The number of carbonyl (C=O) groups excluding carboxylic acids is 2. The largest absolute Gasteiger partial charge is 0.497 e. The van der Waals surface area contributed by atoms with Gasteiger partial charge in [0.15, 0.2) is 0 Å². The number of anilines is 1. The SMILES string of the molecule is CCCCCNC(=O)CN(C(C)=O)c1ccc(OC)cc1OC. The number of nitrogens with one attached hydrogen (secondary N) is 1. The number of ether oxygens (including phenoxy) is 2. The minimum atomic E-state index is -0.225. The molecule has 1 rings (SSSR count). The van der Waals surface area contributed by atoms with Crippen molar-refractivity contribution in [3.8, 4) is 11.5 Å². The number of nitrogens with zero attached hydrogens (tertiary/aromatic N) is 1. The average Bonchev–Trinajstić information content (AvgIpc) is 2.55. The van der Waals surface area contributed by atoms with E-state index < -0.39 is 0 Å². The number of unbranched alkanes of at least 4 members (excludes halogenated alkanes) is 2. The molecule has 0 unspecified atom stereocenters. The second-order valence-corrected chi connectivity index (χ2v) is 5.20. The maximum absolute atomic E-state index is 12.0. The molecular weight excluding hydrogens is 296 g/mol. The quantitative estimate of drug-likeness (QED) is 0.709. The molecule has 0 spiro atoms. The molecule has 0 bridgehead atoms. The molecule has 1 aromatic rings. The number of benzene rings is 1. The summed E-state index contributed by atoms with van der Waals surface area (Å²) >= 11 is 0. The van der Waals surface area contributed by atoms with Gasteiger partial charge in [-0.05, 0) is 18.6 Å². The zero-order chi connectivity index (χ0) is 17.2. The van der Waals surface area contributed by atoms with E-state index in [1.807, 2.05) is 0 Å². The van der Waals surface area contributed by atoms with E-state index in [1.54, 1.807) is 25.3 Å². The summed E-state index contributed by atoms with van der Waals surface area (Å²) in [7, 11) is 3.07. The molecule has 0 heterocycles. The van der Waals surface area contributed by atoms with E-state index >= 15 is 0 Å². The first-order valence-electron chi connectivity index (χ1n) is 7.80. The van der Waals surface area contributed by atoms with Gasteiger partial charge in [0.05, 0.1) is 19.9 Å². The van der Waals surface area contributed by atoms with Crippen LogP contribution in [0.15, 0.2) is 18.2 Å². The minimum absolute atomic E-state index is 0.0376. The van der Waals surface area contributed by atoms with Crippen LogP contribution in [0.25, 0.3) is 0 Å². The Bertz CT molecular complexity index is 531. The Hall–Kier alpha value is -2.24. The highest BCUT2D eigenvalue weighted by molar-refractivity contribution is 5.98. The molecule has 0 fully saturated rings. The molecule has 0 aromatic heterocycles. The van der Waals surface area contributed by atoms with Gasteiger partial charge in [0, 0.05) is 19.5 Å². The molecule has 6 nitrogen and oxygen atoms in total. The normalized spacial score (nSPS) is 10.1. The molecule has 0 atom stereocenters. The third-order valence-corrected chi connectivity index (χ3v) is 3.46. The first-order valence-corrected chi connectivity index (χ1v) is 7.80. The first kappa shape index (κ1) is 18.8. The molecule has 0 aliphatic carbocycles. The minimum Gasteiger partial charge on any atom is -0.497 e. The Morgan fingerprint density at radius 1 is 1.17 bits per heavy atom. The van der Waals surface area contributed by atoms with E-state index in [1.165, 1.54) is 18.9 Å². The molecule has 0 aliphatic heterocycles. The lowest BCUT2D eigenvalue weighted by Crippen LogP contribution is -2.40. The van der Waals surface area contributed by atoms with Crippen LogP contribution < -0.4 is 19.7 Å².